The summed E-state index contributed by atoms with van der Waals surface area (Å²) in [6.07, 6.45) is 5.38. The molecule has 1 aromatic carbocycles. The number of fused-ring (bicyclic) bond motifs is 1. The Hall–Kier alpha value is -1.79. The molecule has 0 amide bonds. The molecule has 2 fully saturated rings. The Balaban J connectivity index is 1.55. The van der Waals surface area contributed by atoms with Crippen LogP contribution in [0.3, 0.4) is 0 Å². The second-order valence-electron chi connectivity index (χ2n) is 6.07. The standard InChI is InChI=1S/C16H21N5O/c1-2-6-13(7-3-1)21-16(17-18-19-21)12-20-10-11-22-15-9-5-4-8-14(15)20/h1-3,6-7,14-15H,4-5,8-12H2. The third-order valence-electron chi connectivity index (χ3n) is 4.73. The molecule has 1 aromatic heterocycles. The molecule has 2 aromatic rings. The zero-order chi connectivity index (χ0) is 14.8. The second kappa shape index (κ2) is 6.14. The van der Waals surface area contributed by atoms with Crippen molar-refractivity contribution in [3.05, 3.63) is 36.2 Å². The predicted molar refractivity (Wildman–Crippen MR) is 81.6 cm³/mol. The van der Waals surface area contributed by atoms with Gasteiger partial charge in [-0.1, -0.05) is 31.0 Å². The highest BCUT2D eigenvalue weighted by Gasteiger charge is 2.34. The molecule has 6 heteroatoms. The van der Waals surface area contributed by atoms with Crippen molar-refractivity contribution in [3.63, 3.8) is 0 Å². The SMILES string of the molecule is c1ccc(-n2nnnc2CN2CCOC3CCCCC32)cc1. The van der Waals surface area contributed by atoms with Crippen molar-refractivity contribution in [1.29, 1.82) is 0 Å². The largest absolute Gasteiger partial charge is 0.375 e. The minimum atomic E-state index is 0.392. The average molecular weight is 299 g/mol. The fraction of sp³-hybridized carbons (Fsp3) is 0.562. The lowest BCUT2D eigenvalue weighted by Crippen LogP contribution is -2.52. The van der Waals surface area contributed by atoms with Crippen LogP contribution in [0.1, 0.15) is 31.5 Å². The first-order valence-electron chi connectivity index (χ1n) is 8.10. The van der Waals surface area contributed by atoms with Crippen LogP contribution in [0.5, 0.6) is 0 Å². The van der Waals surface area contributed by atoms with Gasteiger partial charge in [0.25, 0.3) is 0 Å². The molecule has 1 saturated heterocycles. The summed E-state index contributed by atoms with van der Waals surface area (Å²) >= 11 is 0. The van der Waals surface area contributed by atoms with E-state index in [0.717, 1.165) is 31.2 Å². The zero-order valence-electron chi connectivity index (χ0n) is 12.6. The highest BCUT2D eigenvalue weighted by Crippen LogP contribution is 2.29. The molecule has 1 saturated carbocycles. The highest BCUT2D eigenvalue weighted by molar-refractivity contribution is 5.30. The number of nitrogens with zero attached hydrogens (tertiary/aromatic N) is 5. The summed E-state index contributed by atoms with van der Waals surface area (Å²) in [7, 11) is 0. The van der Waals surface area contributed by atoms with Gasteiger partial charge in [-0.15, -0.1) is 5.10 Å². The van der Waals surface area contributed by atoms with Crippen LogP contribution in [-0.2, 0) is 11.3 Å². The number of hydrogen-bond acceptors (Lipinski definition) is 5. The molecule has 2 unspecified atom stereocenters. The summed E-state index contributed by atoms with van der Waals surface area (Å²) in [5.41, 5.74) is 1.01. The van der Waals surface area contributed by atoms with Crippen molar-refractivity contribution >= 4 is 0 Å². The lowest BCUT2D eigenvalue weighted by atomic mass is 9.90. The Labute approximate surface area is 130 Å². The number of para-hydroxylation sites is 1. The predicted octanol–water partition coefficient (Wildman–Crippen LogP) is 1.81. The van der Waals surface area contributed by atoms with Crippen molar-refractivity contribution in [2.45, 2.75) is 44.4 Å². The van der Waals surface area contributed by atoms with Crippen molar-refractivity contribution in [1.82, 2.24) is 25.1 Å². The number of morpholine rings is 1. The smallest absolute Gasteiger partial charge is 0.170 e. The molecule has 6 nitrogen and oxygen atoms in total. The molecule has 0 radical (unpaired) electrons. The van der Waals surface area contributed by atoms with Crippen LogP contribution in [0.2, 0.25) is 0 Å². The number of aromatic nitrogens is 4. The summed E-state index contributed by atoms with van der Waals surface area (Å²) in [5, 5.41) is 12.3. The highest BCUT2D eigenvalue weighted by atomic mass is 16.5. The number of hydrogen-bond donors (Lipinski definition) is 0. The summed E-state index contributed by atoms with van der Waals surface area (Å²) < 4.78 is 7.79. The van der Waals surface area contributed by atoms with Crippen LogP contribution in [-0.4, -0.2) is 50.4 Å². The van der Waals surface area contributed by atoms with Crippen molar-refractivity contribution in [2.75, 3.05) is 13.2 Å². The lowest BCUT2D eigenvalue weighted by Gasteiger charge is -2.43. The van der Waals surface area contributed by atoms with Crippen LogP contribution >= 0.6 is 0 Å². The molecule has 0 spiro atoms. The molecule has 0 N–H and O–H groups in total. The van der Waals surface area contributed by atoms with Gasteiger partial charge in [-0.25, -0.2) is 0 Å². The van der Waals surface area contributed by atoms with E-state index in [1.807, 2.05) is 35.0 Å². The average Bonchev–Trinajstić information content (AvgIpc) is 3.04. The Morgan fingerprint density at radius 1 is 1.14 bits per heavy atom. The van der Waals surface area contributed by atoms with Crippen LogP contribution in [0, 0.1) is 0 Å². The number of tetrazole rings is 1. The van der Waals surface area contributed by atoms with E-state index in [-0.39, 0.29) is 0 Å². The minimum Gasteiger partial charge on any atom is -0.375 e. The first-order chi connectivity index (χ1) is 10.9. The van der Waals surface area contributed by atoms with Crippen molar-refractivity contribution < 1.29 is 4.74 Å². The molecule has 2 atom stereocenters. The molecular weight excluding hydrogens is 278 g/mol. The Morgan fingerprint density at radius 3 is 2.91 bits per heavy atom. The van der Waals surface area contributed by atoms with Gasteiger partial charge in [-0.2, -0.15) is 4.68 Å². The van der Waals surface area contributed by atoms with E-state index in [1.165, 1.54) is 25.7 Å². The molecular formula is C16H21N5O. The Kier molecular flexibility index (Phi) is 3.86. The van der Waals surface area contributed by atoms with Crippen LogP contribution in [0.4, 0.5) is 0 Å². The van der Waals surface area contributed by atoms with Crippen LogP contribution in [0.25, 0.3) is 5.69 Å². The number of rotatable bonds is 3. The molecule has 1 aliphatic carbocycles. The molecule has 116 valence electrons. The van der Waals surface area contributed by atoms with E-state index >= 15 is 0 Å². The van der Waals surface area contributed by atoms with Gasteiger partial charge >= 0.3 is 0 Å². The maximum absolute atomic E-state index is 5.95. The first kappa shape index (κ1) is 13.8. The van der Waals surface area contributed by atoms with Gasteiger partial charge in [0.15, 0.2) is 5.82 Å². The quantitative estimate of drug-likeness (QED) is 0.865. The summed E-state index contributed by atoms with van der Waals surface area (Å²) in [5.74, 6) is 0.900. The fourth-order valence-electron chi connectivity index (χ4n) is 3.63. The van der Waals surface area contributed by atoms with Gasteiger partial charge in [-0.05, 0) is 35.4 Å². The Bertz CT molecular complexity index is 612. The topological polar surface area (TPSA) is 56.1 Å². The van der Waals surface area contributed by atoms with Gasteiger partial charge in [0.05, 0.1) is 24.9 Å². The zero-order valence-corrected chi connectivity index (χ0v) is 12.6. The monoisotopic (exact) mass is 299 g/mol. The van der Waals surface area contributed by atoms with Crippen LogP contribution < -0.4 is 0 Å². The number of benzene rings is 1. The normalized spacial score (nSPS) is 25.8. The third kappa shape index (κ3) is 2.64. The van der Waals surface area contributed by atoms with Gasteiger partial charge in [-0.3, -0.25) is 4.90 Å². The Morgan fingerprint density at radius 2 is 2.00 bits per heavy atom. The molecule has 0 bridgehead atoms. The van der Waals surface area contributed by atoms with Crippen molar-refractivity contribution in [2.24, 2.45) is 0 Å². The van der Waals surface area contributed by atoms with Gasteiger partial charge in [0.2, 0.25) is 0 Å². The van der Waals surface area contributed by atoms with Crippen molar-refractivity contribution in [3.8, 4) is 5.69 Å². The summed E-state index contributed by atoms with van der Waals surface area (Å²) in [4.78, 5) is 2.50. The lowest BCUT2D eigenvalue weighted by molar-refractivity contribution is -0.0919. The van der Waals surface area contributed by atoms with E-state index in [9.17, 15) is 0 Å². The fourth-order valence-corrected chi connectivity index (χ4v) is 3.63. The minimum absolute atomic E-state index is 0.392. The van der Waals surface area contributed by atoms with E-state index in [1.54, 1.807) is 0 Å². The second-order valence-corrected chi connectivity index (χ2v) is 6.07. The van der Waals surface area contributed by atoms with Gasteiger partial charge < -0.3 is 4.74 Å². The van der Waals surface area contributed by atoms with E-state index in [4.69, 9.17) is 4.74 Å². The molecule has 2 heterocycles. The molecule has 4 rings (SSSR count). The maximum atomic E-state index is 5.95. The summed E-state index contributed by atoms with van der Waals surface area (Å²) in [6, 6.07) is 10.6. The van der Waals surface area contributed by atoms with E-state index in [2.05, 4.69) is 20.4 Å². The van der Waals surface area contributed by atoms with E-state index < -0.39 is 0 Å². The number of ether oxygens (including phenoxy) is 1. The van der Waals surface area contributed by atoms with Crippen LogP contribution in [0.15, 0.2) is 30.3 Å². The summed E-state index contributed by atoms with van der Waals surface area (Å²) in [6.45, 7) is 2.56. The molecule has 1 aliphatic heterocycles. The maximum Gasteiger partial charge on any atom is 0.170 e. The van der Waals surface area contributed by atoms with E-state index in [0.29, 0.717) is 12.1 Å². The first-order valence-corrected chi connectivity index (χ1v) is 8.10. The van der Waals surface area contributed by atoms with Gasteiger partial charge in [0.1, 0.15) is 0 Å². The van der Waals surface area contributed by atoms with Gasteiger partial charge in [0, 0.05) is 12.6 Å². The third-order valence-corrected chi connectivity index (χ3v) is 4.73. The molecule has 2 aliphatic rings. The molecule has 22 heavy (non-hydrogen) atoms.